The average molecular weight is 395 g/mol. The molecule has 2 aromatic rings. The van der Waals surface area contributed by atoms with Crippen molar-refractivity contribution < 1.29 is 9.84 Å². The molecular weight excluding hydrogens is 376 g/mol. The predicted octanol–water partition coefficient (Wildman–Crippen LogP) is 4.36. The van der Waals surface area contributed by atoms with Crippen molar-refractivity contribution in [3.63, 3.8) is 0 Å². The van der Waals surface area contributed by atoms with Crippen LogP contribution in [0.15, 0.2) is 29.6 Å². The highest BCUT2D eigenvalue weighted by molar-refractivity contribution is 7.80. The molecule has 1 fully saturated rings. The van der Waals surface area contributed by atoms with E-state index < -0.39 is 5.72 Å². The van der Waals surface area contributed by atoms with Gasteiger partial charge in [-0.05, 0) is 43.6 Å². The van der Waals surface area contributed by atoms with Crippen LogP contribution in [0, 0.1) is 0 Å². The van der Waals surface area contributed by atoms with E-state index >= 15 is 0 Å². The van der Waals surface area contributed by atoms with Crippen LogP contribution >= 0.6 is 35.2 Å². The van der Waals surface area contributed by atoms with Crippen LogP contribution in [0.4, 0.5) is 0 Å². The van der Waals surface area contributed by atoms with Crippen molar-refractivity contribution in [3.8, 4) is 11.5 Å². The van der Waals surface area contributed by atoms with Gasteiger partial charge in [0.05, 0.1) is 5.02 Å². The molecule has 0 unspecified atom stereocenters. The average Bonchev–Trinajstić information content (AvgIpc) is 3.00. The maximum absolute atomic E-state index is 10.1. The van der Waals surface area contributed by atoms with Gasteiger partial charge in [0.1, 0.15) is 11.5 Å². The lowest BCUT2D eigenvalue weighted by Gasteiger charge is -2.50. The van der Waals surface area contributed by atoms with Crippen LogP contribution in [0.2, 0.25) is 5.02 Å². The van der Waals surface area contributed by atoms with E-state index in [2.05, 4.69) is 35.9 Å². The molecule has 1 aromatic carbocycles. The second-order valence-electron chi connectivity index (χ2n) is 7.35. The van der Waals surface area contributed by atoms with Crippen molar-refractivity contribution in [2.45, 2.75) is 43.9 Å². The fraction of sp³-hybridized carbons (Fsp3) is 0.389. The molecule has 2 aliphatic heterocycles. The molecule has 1 aromatic heterocycles. The number of fused-ring (bicyclic) bond motifs is 1. The van der Waals surface area contributed by atoms with Crippen molar-refractivity contribution in [2.24, 2.45) is 0 Å². The number of ether oxygens (including phenoxy) is 1. The Kier molecular flexibility index (Phi) is 3.90. The Morgan fingerprint density at radius 3 is 2.84 bits per heavy atom. The molecule has 0 aliphatic carbocycles. The molecule has 4 rings (SSSR count). The Hall–Kier alpha value is -1.50. The molecule has 132 valence electrons. The number of phenolic OH excluding ortho intramolecular Hbond substituents is 1. The highest BCUT2D eigenvalue weighted by Gasteiger charge is 2.49. The summed E-state index contributed by atoms with van der Waals surface area (Å²) in [5, 5.41) is 19.7. The molecule has 0 amide bonds. The monoisotopic (exact) mass is 394 g/mol. The smallest absolute Gasteiger partial charge is 0.185 e. The van der Waals surface area contributed by atoms with Gasteiger partial charge in [0.25, 0.3) is 0 Å². The van der Waals surface area contributed by atoms with Gasteiger partial charge in [-0.15, -0.1) is 11.3 Å². The van der Waals surface area contributed by atoms with E-state index in [1.54, 1.807) is 17.4 Å². The molecule has 4 nitrogen and oxygen atoms in total. The van der Waals surface area contributed by atoms with Crippen molar-refractivity contribution in [1.82, 2.24) is 10.6 Å². The van der Waals surface area contributed by atoms with E-state index in [4.69, 9.17) is 28.6 Å². The number of thiocarbonyl (C=S) groups is 1. The quantitative estimate of drug-likeness (QED) is 0.627. The Balaban J connectivity index is 1.83. The summed E-state index contributed by atoms with van der Waals surface area (Å²) in [7, 11) is 0. The summed E-state index contributed by atoms with van der Waals surface area (Å²) >= 11 is 13.3. The summed E-state index contributed by atoms with van der Waals surface area (Å²) in [6.07, 6.45) is 1.48. The maximum Gasteiger partial charge on any atom is 0.185 e. The molecule has 7 heteroatoms. The van der Waals surface area contributed by atoms with Gasteiger partial charge < -0.3 is 20.5 Å². The van der Waals surface area contributed by atoms with Crippen molar-refractivity contribution in [1.29, 1.82) is 0 Å². The summed E-state index contributed by atoms with van der Waals surface area (Å²) in [5.74, 6) is 0.809. The van der Waals surface area contributed by atoms with Crippen LogP contribution in [0.25, 0.3) is 0 Å². The minimum absolute atomic E-state index is 0.0261. The van der Waals surface area contributed by atoms with Gasteiger partial charge in [0, 0.05) is 40.8 Å². The van der Waals surface area contributed by atoms with Crippen LogP contribution in [0.3, 0.4) is 0 Å². The van der Waals surface area contributed by atoms with Crippen LogP contribution in [0.5, 0.6) is 11.5 Å². The number of halogens is 1. The molecule has 1 spiro atoms. The normalized spacial score (nSPS) is 27.2. The second-order valence-corrected chi connectivity index (χ2v) is 9.14. The third-order valence-electron chi connectivity index (χ3n) is 4.70. The largest absolute Gasteiger partial charge is 0.506 e. The third-order valence-corrected chi connectivity index (χ3v) is 6.19. The highest BCUT2D eigenvalue weighted by Crippen LogP contribution is 2.49. The Labute approximate surface area is 161 Å². The van der Waals surface area contributed by atoms with Crippen molar-refractivity contribution >= 4 is 40.3 Å². The van der Waals surface area contributed by atoms with Gasteiger partial charge in [-0.25, -0.2) is 0 Å². The Bertz CT molecular complexity index is 838. The van der Waals surface area contributed by atoms with E-state index in [0.29, 0.717) is 15.9 Å². The number of nitrogens with one attached hydrogen (secondary N) is 2. The lowest BCUT2D eigenvalue weighted by Crippen LogP contribution is -2.69. The van der Waals surface area contributed by atoms with E-state index in [1.807, 2.05) is 12.1 Å². The lowest BCUT2D eigenvalue weighted by molar-refractivity contribution is -0.0125. The zero-order valence-electron chi connectivity index (χ0n) is 13.9. The second kappa shape index (κ2) is 5.76. The molecule has 3 N–H and O–H groups in total. The first-order valence-electron chi connectivity index (χ1n) is 8.12. The summed E-state index contributed by atoms with van der Waals surface area (Å²) in [6, 6.07) is 7.60. The number of thiophene rings is 1. The van der Waals surface area contributed by atoms with E-state index in [-0.39, 0.29) is 17.2 Å². The lowest BCUT2D eigenvalue weighted by atomic mass is 9.79. The first-order valence-corrected chi connectivity index (χ1v) is 9.79. The predicted molar refractivity (Wildman–Crippen MR) is 105 cm³/mol. The molecule has 2 atom stereocenters. The number of benzene rings is 1. The Morgan fingerprint density at radius 1 is 1.36 bits per heavy atom. The SMILES string of the molecule is CC1(C)C[C@@]2(C[C@H](c3cccs3)c3cc(Cl)c(O)cc3O2)NC(=S)N1. The fourth-order valence-electron chi connectivity index (χ4n) is 3.89. The van der Waals surface area contributed by atoms with Gasteiger partial charge in [0.2, 0.25) is 0 Å². The number of hydrogen-bond donors (Lipinski definition) is 3. The van der Waals surface area contributed by atoms with Crippen LogP contribution in [-0.4, -0.2) is 21.5 Å². The third kappa shape index (κ3) is 3.07. The van der Waals surface area contributed by atoms with Gasteiger partial charge in [-0.3, -0.25) is 0 Å². The van der Waals surface area contributed by atoms with Gasteiger partial charge in [-0.1, -0.05) is 17.7 Å². The minimum atomic E-state index is -0.617. The van der Waals surface area contributed by atoms with Crippen LogP contribution in [0.1, 0.15) is 43.0 Å². The number of phenols is 1. The van der Waals surface area contributed by atoms with E-state index in [1.165, 1.54) is 4.88 Å². The summed E-state index contributed by atoms with van der Waals surface area (Å²) < 4.78 is 6.38. The standard InChI is InChI=1S/C18H19ClN2O2S2/c1-17(2)9-18(21-16(24)20-17)8-11(15-4-3-5-25-15)10-6-12(19)13(22)7-14(10)23-18/h3-7,11,22H,8-9H2,1-2H3,(H2,20,21,24)/t11-,18-/m0/s1. The molecule has 1 saturated heterocycles. The first kappa shape index (κ1) is 16.9. The maximum atomic E-state index is 10.1. The van der Waals surface area contributed by atoms with E-state index in [0.717, 1.165) is 18.4 Å². The zero-order valence-corrected chi connectivity index (χ0v) is 16.3. The summed E-state index contributed by atoms with van der Waals surface area (Å²) in [4.78, 5) is 1.25. The molecular formula is C18H19ClN2O2S2. The number of hydrogen-bond acceptors (Lipinski definition) is 4. The molecule has 25 heavy (non-hydrogen) atoms. The molecule has 0 bridgehead atoms. The van der Waals surface area contributed by atoms with Crippen LogP contribution < -0.4 is 15.4 Å². The van der Waals surface area contributed by atoms with Crippen molar-refractivity contribution in [2.75, 3.05) is 0 Å². The van der Waals surface area contributed by atoms with Crippen LogP contribution in [-0.2, 0) is 0 Å². The highest BCUT2D eigenvalue weighted by atomic mass is 35.5. The summed E-state index contributed by atoms with van der Waals surface area (Å²) in [5.41, 5.74) is 0.196. The first-order chi connectivity index (χ1) is 11.8. The van der Waals surface area contributed by atoms with Crippen molar-refractivity contribution in [3.05, 3.63) is 45.1 Å². The zero-order chi connectivity index (χ0) is 17.8. The summed E-state index contributed by atoms with van der Waals surface area (Å²) in [6.45, 7) is 4.22. The number of rotatable bonds is 1. The molecule has 0 radical (unpaired) electrons. The molecule has 2 aliphatic rings. The van der Waals surface area contributed by atoms with Gasteiger partial charge in [0.15, 0.2) is 10.8 Å². The topological polar surface area (TPSA) is 53.5 Å². The molecule has 3 heterocycles. The molecule has 0 saturated carbocycles. The van der Waals surface area contributed by atoms with Gasteiger partial charge >= 0.3 is 0 Å². The van der Waals surface area contributed by atoms with E-state index in [9.17, 15) is 5.11 Å². The fourth-order valence-corrected chi connectivity index (χ4v) is 5.37. The van der Waals surface area contributed by atoms with Gasteiger partial charge in [-0.2, -0.15) is 0 Å². The number of aromatic hydroxyl groups is 1. The minimum Gasteiger partial charge on any atom is -0.506 e. The Morgan fingerprint density at radius 2 is 2.16 bits per heavy atom.